The van der Waals surface area contributed by atoms with Gasteiger partial charge in [0.1, 0.15) is 0 Å². The molecule has 1 heterocycles. The van der Waals surface area contributed by atoms with Crippen LogP contribution in [0.1, 0.15) is 38.2 Å². The molecule has 0 bridgehead atoms. The van der Waals surface area contributed by atoms with Gasteiger partial charge < -0.3 is 10.2 Å². The summed E-state index contributed by atoms with van der Waals surface area (Å²) in [6.07, 6.45) is 5.09. The molecule has 1 aromatic carbocycles. The van der Waals surface area contributed by atoms with Crippen molar-refractivity contribution >= 4 is 35.0 Å². The number of rotatable bonds is 7. The third-order valence-corrected chi connectivity index (χ3v) is 6.69. The van der Waals surface area contributed by atoms with E-state index in [9.17, 15) is 9.59 Å². The summed E-state index contributed by atoms with van der Waals surface area (Å²) in [5.41, 5.74) is 0.932. The first-order chi connectivity index (χ1) is 13.9. The molecular weight excluding hydrogens is 409 g/mol. The van der Waals surface area contributed by atoms with E-state index in [0.29, 0.717) is 28.9 Å². The Morgan fingerprint density at radius 1 is 1.14 bits per heavy atom. The standard InChI is InChI=1S/C22H31Cl2N3O2/c1-16(14-18-6-7-19(23)15-20(18)24)21(28)25-8-9-26-10-12-27(13-11-26)22(29)17-4-2-3-5-17/h6-7,15-17H,2-5,8-14H2,1H3,(H,25,28). The molecule has 2 aliphatic rings. The second-order valence-corrected chi connectivity index (χ2v) is 9.12. The Morgan fingerprint density at radius 3 is 2.48 bits per heavy atom. The quantitative estimate of drug-likeness (QED) is 0.705. The van der Waals surface area contributed by atoms with Crippen molar-refractivity contribution in [1.82, 2.24) is 15.1 Å². The number of hydrogen-bond donors (Lipinski definition) is 1. The molecule has 0 spiro atoms. The highest BCUT2D eigenvalue weighted by molar-refractivity contribution is 6.35. The minimum absolute atomic E-state index is 0.0334. The summed E-state index contributed by atoms with van der Waals surface area (Å²) in [6.45, 7) is 6.70. The van der Waals surface area contributed by atoms with E-state index in [0.717, 1.165) is 51.1 Å². The van der Waals surface area contributed by atoms with Crippen LogP contribution < -0.4 is 5.32 Å². The Kier molecular flexibility index (Phi) is 8.22. The fourth-order valence-electron chi connectivity index (χ4n) is 4.24. The first kappa shape index (κ1) is 22.4. The predicted octanol–water partition coefficient (Wildman–Crippen LogP) is 3.62. The van der Waals surface area contributed by atoms with Gasteiger partial charge in [-0.25, -0.2) is 0 Å². The van der Waals surface area contributed by atoms with E-state index in [2.05, 4.69) is 10.2 Å². The van der Waals surface area contributed by atoms with E-state index >= 15 is 0 Å². The fraction of sp³-hybridized carbons (Fsp3) is 0.636. The molecule has 160 valence electrons. The molecular formula is C22H31Cl2N3O2. The van der Waals surface area contributed by atoms with Gasteiger partial charge in [-0.15, -0.1) is 0 Å². The maximum absolute atomic E-state index is 12.5. The highest BCUT2D eigenvalue weighted by Gasteiger charge is 2.29. The molecule has 2 fully saturated rings. The molecule has 1 atom stereocenters. The Labute approximate surface area is 183 Å². The molecule has 3 rings (SSSR count). The second-order valence-electron chi connectivity index (χ2n) is 8.28. The molecule has 29 heavy (non-hydrogen) atoms. The van der Waals surface area contributed by atoms with Crippen LogP contribution in [0.2, 0.25) is 10.0 Å². The monoisotopic (exact) mass is 439 g/mol. The summed E-state index contributed by atoms with van der Waals surface area (Å²) in [5.74, 6) is 0.488. The predicted molar refractivity (Wildman–Crippen MR) is 117 cm³/mol. The van der Waals surface area contributed by atoms with Crippen LogP contribution in [-0.4, -0.2) is 60.9 Å². The van der Waals surface area contributed by atoms with Crippen molar-refractivity contribution < 1.29 is 9.59 Å². The first-order valence-electron chi connectivity index (χ1n) is 10.7. The highest BCUT2D eigenvalue weighted by atomic mass is 35.5. The summed E-state index contributed by atoms with van der Waals surface area (Å²) in [4.78, 5) is 29.3. The van der Waals surface area contributed by atoms with Crippen LogP contribution in [0, 0.1) is 11.8 Å². The third kappa shape index (κ3) is 6.34. The number of carbonyl (C=O) groups is 2. The maximum atomic E-state index is 12.5. The zero-order valence-electron chi connectivity index (χ0n) is 17.1. The lowest BCUT2D eigenvalue weighted by molar-refractivity contribution is -0.137. The van der Waals surface area contributed by atoms with E-state index in [1.807, 2.05) is 17.9 Å². The lowest BCUT2D eigenvalue weighted by Crippen LogP contribution is -2.51. The van der Waals surface area contributed by atoms with Crippen LogP contribution in [0.3, 0.4) is 0 Å². The molecule has 1 aliphatic carbocycles. The van der Waals surface area contributed by atoms with Crippen molar-refractivity contribution in [3.05, 3.63) is 33.8 Å². The Bertz CT molecular complexity index is 714. The van der Waals surface area contributed by atoms with Gasteiger partial charge in [-0.1, -0.05) is 49.0 Å². The molecule has 0 aromatic heterocycles. The molecule has 1 saturated carbocycles. The van der Waals surface area contributed by atoms with Crippen molar-refractivity contribution in [2.45, 2.75) is 39.0 Å². The number of nitrogens with zero attached hydrogens (tertiary/aromatic N) is 2. The largest absolute Gasteiger partial charge is 0.355 e. The van der Waals surface area contributed by atoms with Gasteiger partial charge in [0.05, 0.1) is 0 Å². The number of nitrogens with one attached hydrogen (secondary N) is 1. The van der Waals surface area contributed by atoms with Crippen molar-refractivity contribution in [2.24, 2.45) is 11.8 Å². The van der Waals surface area contributed by atoms with Crippen molar-refractivity contribution in [1.29, 1.82) is 0 Å². The molecule has 5 nitrogen and oxygen atoms in total. The lowest BCUT2D eigenvalue weighted by Gasteiger charge is -2.36. The second kappa shape index (κ2) is 10.6. The van der Waals surface area contributed by atoms with Gasteiger partial charge in [0, 0.05) is 61.1 Å². The van der Waals surface area contributed by atoms with Crippen LogP contribution in [0.5, 0.6) is 0 Å². The van der Waals surface area contributed by atoms with Crippen molar-refractivity contribution in [2.75, 3.05) is 39.3 Å². The number of hydrogen-bond acceptors (Lipinski definition) is 3. The van der Waals surface area contributed by atoms with E-state index in [1.54, 1.807) is 12.1 Å². The summed E-state index contributed by atoms with van der Waals surface area (Å²) < 4.78 is 0. The molecule has 1 aromatic rings. The Balaban J connectivity index is 1.34. The minimum atomic E-state index is -0.158. The summed E-state index contributed by atoms with van der Waals surface area (Å²) >= 11 is 12.1. The van der Waals surface area contributed by atoms with E-state index in [4.69, 9.17) is 23.2 Å². The Hall–Kier alpha value is -1.30. The number of piperazine rings is 1. The first-order valence-corrected chi connectivity index (χ1v) is 11.4. The zero-order chi connectivity index (χ0) is 20.8. The van der Waals surface area contributed by atoms with Crippen LogP contribution >= 0.6 is 23.2 Å². The van der Waals surface area contributed by atoms with Gasteiger partial charge in [0.25, 0.3) is 0 Å². The van der Waals surface area contributed by atoms with Gasteiger partial charge in [-0.05, 0) is 37.0 Å². The molecule has 7 heteroatoms. The summed E-state index contributed by atoms with van der Waals surface area (Å²) in [6, 6.07) is 5.38. The zero-order valence-corrected chi connectivity index (χ0v) is 18.6. The number of carbonyl (C=O) groups excluding carboxylic acids is 2. The van der Waals surface area contributed by atoms with Crippen LogP contribution in [0.25, 0.3) is 0 Å². The number of halogens is 2. The van der Waals surface area contributed by atoms with Crippen molar-refractivity contribution in [3.8, 4) is 0 Å². The SMILES string of the molecule is CC(Cc1ccc(Cl)cc1Cl)C(=O)NCCN1CCN(C(=O)C2CCCC2)CC1. The molecule has 0 radical (unpaired) electrons. The number of benzene rings is 1. The van der Waals surface area contributed by atoms with Gasteiger partial charge in [0.2, 0.25) is 11.8 Å². The molecule has 2 amide bonds. The van der Waals surface area contributed by atoms with E-state index in [-0.39, 0.29) is 17.7 Å². The molecule has 1 N–H and O–H groups in total. The third-order valence-electron chi connectivity index (χ3n) is 6.10. The summed E-state index contributed by atoms with van der Waals surface area (Å²) in [7, 11) is 0. The maximum Gasteiger partial charge on any atom is 0.225 e. The molecule has 1 saturated heterocycles. The topological polar surface area (TPSA) is 52.7 Å². The fourth-order valence-corrected chi connectivity index (χ4v) is 4.73. The van der Waals surface area contributed by atoms with Crippen LogP contribution in [-0.2, 0) is 16.0 Å². The average molecular weight is 440 g/mol. The summed E-state index contributed by atoms with van der Waals surface area (Å²) in [5, 5.41) is 4.23. The van der Waals surface area contributed by atoms with Gasteiger partial charge in [-0.3, -0.25) is 14.5 Å². The smallest absolute Gasteiger partial charge is 0.225 e. The van der Waals surface area contributed by atoms with E-state index in [1.165, 1.54) is 12.8 Å². The normalized spacial score (nSPS) is 19.3. The van der Waals surface area contributed by atoms with Crippen LogP contribution in [0.4, 0.5) is 0 Å². The number of amides is 2. The molecule has 1 aliphatic heterocycles. The van der Waals surface area contributed by atoms with Gasteiger partial charge >= 0.3 is 0 Å². The highest BCUT2D eigenvalue weighted by Crippen LogP contribution is 2.27. The van der Waals surface area contributed by atoms with Crippen molar-refractivity contribution in [3.63, 3.8) is 0 Å². The minimum Gasteiger partial charge on any atom is -0.355 e. The van der Waals surface area contributed by atoms with Gasteiger partial charge in [0.15, 0.2) is 0 Å². The Morgan fingerprint density at radius 2 is 1.83 bits per heavy atom. The lowest BCUT2D eigenvalue weighted by atomic mass is 10.0. The average Bonchev–Trinajstić information content (AvgIpc) is 3.25. The van der Waals surface area contributed by atoms with Gasteiger partial charge in [-0.2, -0.15) is 0 Å². The van der Waals surface area contributed by atoms with E-state index < -0.39 is 0 Å². The molecule has 1 unspecified atom stereocenters. The van der Waals surface area contributed by atoms with Crippen LogP contribution in [0.15, 0.2) is 18.2 Å².